The number of hydrogen-bond acceptors (Lipinski definition) is 4. The van der Waals surface area contributed by atoms with Crippen LogP contribution in [0, 0.1) is 0 Å². The van der Waals surface area contributed by atoms with Crippen LogP contribution in [-0.2, 0) is 9.59 Å². The van der Waals surface area contributed by atoms with Gasteiger partial charge in [-0.1, -0.05) is 23.2 Å². The summed E-state index contributed by atoms with van der Waals surface area (Å²) in [5.41, 5.74) is -1.11. The van der Waals surface area contributed by atoms with Crippen molar-refractivity contribution in [3.05, 3.63) is 39.2 Å². The molecule has 1 aliphatic rings. The first kappa shape index (κ1) is 18.2. The van der Waals surface area contributed by atoms with Gasteiger partial charge in [0.05, 0.1) is 14.7 Å². The van der Waals surface area contributed by atoms with Crippen molar-refractivity contribution in [2.75, 3.05) is 13.1 Å². The highest BCUT2D eigenvalue weighted by molar-refractivity contribution is 7.18. The second kappa shape index (κ2) is 6.96. The van der Waals surface area contributed by atoms with Crippen molar-refractivity contribution in [3.8, 4) is 0 Å². The van der Waals surface area contributed by atoms with E-state index in [2.05, 4.69) is 0 Å². The summed E-state index contributed by atoms with van der Waals surface area (Å²) in [7, 11) is 0. The molecule has 1 amide bonds. The number of piperidine rings is 1. The smallest absolute Gasteiger partial charge is 0.335 e. The molecule has 0 bridgehead atoms. The number of aliphatic hydroxyl groups is 1. The quantitative estimate of drug-likeness (QED) is 0.771. The summed E-state index contributed by atoms with van der Waals surface area (Å²) in [4.78, 5) is 24.8. The highest BCUT2D eigenvalue weighted by Crippen LogP contribution is 2.37. The monoisotopic (exact) mass is 399 g/mol. The number of aliphatic carboxylic acids is 1. The molecule has 0 unspecified atom stereocenters. The van der Waals surface area contributed by atoms with Gasteiger partial charge in [-0.15, -0.1) is 11.3 Å². The van der Waals surface area contributed by atoms with Crippen molar-refractivity contribution in [1.29, 1.82) is 0 Å². The zero-order chi connectivity index (χ0) is 18.2. The fourth-order valence-corrected chi connectivity index (χ4v) is 4.21. The summed E-state index contributed by atoms with van der Waals surface area (Å²) >= 11 is 14.0. The standard InChI is InChI=1S/C17H15Cl2NO4S/c18-13-10(9-11-3-8-25-15(11)14(13)19)1-2-12(21)20-6-4-17(24,5-7-20)16(22)23/h1-3,8-9,24H,4-7H2,(H,22,23). The van der Waals surface area contributed by atoms with E-state index in [0.29, 0.717) is 15.6 Å². The maximum atomic E-state index is 12.3. The molecular formula is C17H15Cl2NO4S. The van der Waals surface area contributed by atoms with Crippen molar-refractivity contribution >= 4 is 62.6 Å². The largest absolute Gasteiger partial charge is 0.479 e. The Hall–Kier alpha value is -1.60. The minimum atomic E-state index is -1.75. The average Bonchev–Trinajstić information content (AvgIpc) is 3.05. The molecule has 2 aromatic rings. The van der Waals surface area contributed by atoms with Gasteiger partial charge in [0, 0.05) is 32.0 Å². The molecule has 8 heteroatoms. The summed E-state index contributed by atoms with van der Waals surface area (Å²) in [5, 5.41) is 22.6. The molecule has 2 heterocycles. The van der Waals surface area contributed by atoms with Crippen LogP contribution in [0.25, 0.3) is 16.2 Å². The fraction of sp³-hybridized carbons (Fsp3) is 0.294. The third-order valence-electron chi connectivity index (χ3n) is 4.36. The number of benzene rings is 1. The van der Waals surface area contributed by atoms with E-state index in [-0.39, 0.29) is 31.8 Å². The van der Waals surface area contributed by atoms with Crippen LogP contribution in [0.2, 0.25) is 10.0 Å². The Kier molecular flexibility index (Phi) is 5.06. The fourth-order valence-electron chi connectivity index (χ4n) is 2.77. The molecule has 0 saturated carbocycles. The van der Waals surface area contributed by atoms with Crippen molar-refractivity contribution < 1.29 is 19.8 Å². The lowest BCUT2D eigenvalue weighted by Gasteiger charge is -2.34. The Morgan fingerprint density at radius 1 is 1.24 bits per heavy atom. The molecular weight excluding hydrogens is 385 g/mol. The van der Waals surface area contributed by atoms with E-state index >= 15 is 0 Å². The predicted octanol–water partition coefficient (Wildman–Crippen LogP) is 3.66. The molecule has 0 atom stereocenters. The Morgan fingerprint density at radius 2 is 1.92 bits per heavy atom. The van der Waals surface area contributed by atoms with Gasteiger partial charge < -0.3 is 15.1 Å². The van der Waals surface area contributed by atoms with E-state index in [1.807, 2.05) is 17.5 Å². The first-order valence-electron chi connectivity index (χ1n) is 7.60. The van der Waals surface area contributed by atoms with Gasteiger partial charge in [-0.05, 0) is 34.5 Å². The zero-order valence-corrected chi connectivity index (χ0v) is 15.4. The van der Waals surface area contributed by atoms with Crippen molar-refractivity contribution in [1.82, 2.24) is 4.90 Å². The van der Waals surface area contributed by atoms with E-state index < -0.39 is 11.6 Å². The normalized spacial score (nSPS) is 17.3. The summed E-state index contributed by atoms with van der Waals surface area (Å²) in [5.74, 6) is -1.51. The van der Waals surface area contributed by atoms with Crippen LogP contribution < -0.4 is 0 Å². The molecule has 5 nitrogen and oxygen atoms in total. The highest BCUT2D eigenvalue weighted by atomic mass is 35.5. The van der Waals surface area contributed by atoms with Gasteiger partial charge >= 0.3 is 5.97 Å². The van der Waals surface area contributed by atoms with E-state index in [1.54, 1.807) is 6.08 Å². The molecule has 132 valence electrons. The first-order chi connectivity index (χ1) is 11.8. The molecule has 1 aromatic heterocycles. The van der Waals surface area contributed by atoms with Crippen LogP contribution in [0.4, 0.5) is 0 Å². The Balaban J connectivity index is 1.74. The summed E-state index contributed by atoms with van der Waals surface area (Å²) in [6.45, 7) is 0.369. The topological polar surface area (TPSA) is 77.8 Å². The number of amides is 1. The van der Waals surface area contributed by atoms with Crippen LogP contribution in [0.15, 0.2) is 23.6 Å². The van der Waals surface area contributed by atoms with Gasteiger partial charge in [0.2, 0.25) is 5.91 Å². The third kappa shape index (κ3) is 3.53. The van der Waals surface area contributed by atoms with Crippen molar-refractivity contribution in [3.63, 3.8) is 0 Å². The van der Waals surface area contributed by atoms with Gasteiger partial charge in [-0.3, -0.25) is 4.79 Å². The summed E-state index contributed by atoms with van der Waals surface area (Å²) in [6.07, 6.45) is 3.01. The molecule has 1 fully saturated rings. The molecule has 25 heavy (non-hydrogen) atoms. The van der Waals surface area contributed by atoms with E-state index in [4.69, 9.17) is 28.3 Å². The molecule has 1 saturated heterocycles. The van der Waals surface area contributed by atoms with Crippen LogP contribution in [0.1, 0.15) is 18.4 Å². The number of carbonyl (C=O) groups is 2. The number of rotatable bonds is 3. The number of carboxylic acid groups (broad SMARTS) is 1. The first-order valence-corrected chi connectivity index (χ1v) is 9.23. The van der Waals surface area contributed by atoms with Gasteiger partial charge in [0.15, 0.2) is 5.60 Å². The number of carboxylic acids is 1. The molecule has 0 aliphatic carbocycles. The molecule has 0 spiro atoms. The van der Waals surface area contributed by atoms with Crippen molar-refractivity contribution in [2.24, 2.45) is 0 Å². The number of halogens is 2. The molecule has 3 rings (SSSR count). The Labute approximate surface area is 158 Å². The van der Waals surface area contributed by atoms with E-state index in [1.165, 1.54) is 22.3 Å². The maximum absolute atomic E-state index is 12.3. The number of nitrogens with zero attached hydrogens (tertiary/aromatic N) is 1. The lowest BCUT2D eigenvalue weighted by atomic mass is 9.91. The SMILES string of the molecule is O=C(C=Cc1cc2ccsc2c(Cl)c1Cl)N1CCC(O)(C(=O)O)CC1. The maximum Gasteiger partial charge on any atom is 0.335 e. The minimum absolute atomic E-state index is 0.00929. The third-order valence-corrected chi connectivity index (χ3v) is 6.30. The molecule has 1 aliphatic heterocycles. The second-order valence-electron chi connectivity index (χ2n) is 5.93. The zero-order valence-electron chi connectivity index (χ0n) is 13.0. The number of thiophene rings is 1. The van der Waals surface area contributed by atoms with E-state index in [0.717, 1.165) is 10.1 Å². The summed E-state index contributed by atoms with van der Waals surface area (Å²) in [6, 6.07) is 3.79. The van der Waals surface area contributed by atoms with Crippen LogP contribution in [0.5, 0.6) is 0 Å². The number of likely N-dealkylation sites (tertiary alicyclic amines) is 1. The van der Waals surface area contributed by atoms with Crippen molar-refractivity contribution in [2.45, 2.75) is 18.4 Å². The predicted molar refractivity (Wildman–Crippen MR) is 99.3 cm³/mol. The Bertz CT molecular complexity index is 869. The lowest BCUT2D eigenvalue weighted by molar-refractivity contribution is -0.164. The van der Waals surface area contributed by atoms with E-state index in [9.17, 15) is 14.7 Å². The minimum Gasteiger partial charge on any atom is -0.479 e. The van der Waals surface area contributed by atoms with Crippen LogP contribution in [-0.4, -0.2) is 45.7 Å². The molecule has 2 N–H and O–H groups in total. The van der Waals surface area contributed by atoms with Crippen LogP contribution >= 0.6 is 34.5 Å². The van der Waals surface area contributed by atoms with Gasteiger partial charge in [-0.2, -0.15) is 0 Å². The number of fused-ring (bicyclic) bond motifs is 1. The summed E-state index contributed by atoms with van der Waals surface area (Å²) < 4.78 is 0.902. The van der Waals surface area contributed by atoms with Gasteiger partial charge in [-0.25, -0.2) is 4.79 Å². The molecule has 1 aromatic carbocycles. The molecule has 0 radical (unpaired) electrons. The Morgan fingerprint density at radius 3 is 2.56 bits per heavy atom. The average molecular weight is 400 g/mol. The van der Waals surface area contributed by atoms with Gasteiger partial charge in [0.1, 0.15) is 0 Å². The number of carbonyl (C=O) groups excluding carboxylic acids is 1. The number of hydrogen-bond donors (Lipinski definition) is 2. The van der Waals surface area contributed by atoms with Crippen LogP contribution in [0.3, 0.4) is 0 Å². The van der Waals surface area contributed by atoms with Gasteiger partial charge in [0.25, 0.3) is 0 Å². The lowest BCUT2D eigenvalue weighted by Crippen LogP contribution is -2.50. The second-order valence-corrected chi connectivity index (χ2v) is 7.60. The highest BCUT2D eigenvalue weighted by Gasteiger charge is 2.40.